The van der Waals surface area contributed by atoms with Crippen LogP contribution >= 0.6 is 11.8 Å². The minimum atomic E-state index is 0.255. The Morgan fingerprint density at radius 3 is 2.14 bits per heavy atom. The summed E-state index contributed by atoms with van der Waals surface area (Å²) in [6.07, 6.45) is 0. The van der Waals surface area contributed by atoms with Crippen LogP contribution in [-0.2, 0) is 0 Å². The Morgan fingerprint density at radius 1 is 1.10 bits per heavy atom. The third-order valence-electron chi connectivity index (χ3n) is 3.17. The molecule has 1 aliphatic heterocycles. The summed E-state index contributed by atoms with van der Waals surface area (Å²) < 4.78 is 16.0. The van der Waals surface area contributed by atoms with Crippen LogP contribution in [0.4, 0.5) is 5.69 Å². The number of aliphatic imine (C=N–C) groups is 1. The number of benzene rings is 1. The van der Waals surface area contributed by atoms with Gasteiger partial charge in [-0.2, -0.15) is 0 Å². The van der Waals surface area contributed by atoms with Gasteiger partial charge < -0.3 is 19.5 Å². The first kappa shape index (κ1) is 15.8. The molecule has 116 valence electrons. The zero-order valence-corrected chi connectivity index (χ0v) is 14.0. The smallest absolute Gasteiger partial charge is 0.203 e. The second-order valence-electron chi connectivity index (χ2n) is 5.61. The van der Waals surface area contributed by atoms with Crippen LogP contribution in [-0.4, -0.2) is 38.8 Å². The van der Waals surface area contributed by atoms with Crippen LogP contribution in [0.1, 0.15) is 13.8 Å². The van der Waals surface area contributed by atoms with Crippen molar-refractivity contribution in [1.29, 1.82) is 0 Å². The van der Waals surface area contributed by atoms with Gasteiger partial charge in [-0.15, -0.1) is 0 Å². The van der Waals surface area contributed by atoms with Crippen LogP contribution in [0.2, 0.25) is 0 Å². The summed E-state index contributed by atoms with van der Waals surface area (Å²) in [5.41, 5.74) is 1.13. The standard InChI is InChI=1S/C15H22N2O3S/c1-15(2)8-16-14(21-9-15)17-10-6-11(18-3)13(20-5)12(7-10)19-4/h6-7H,8-9H2,1-5H3,(H,16,17). The highest BCUT2D eigenvalue weighted by Gasteiger charge is 2.23. The molecule has 0 unspecified atom stereocenters. The van der Waals surface area contributed by atoms with Gasteiger partial charge in [-0.1, -0.05) is 25.6 Å². The summed E-state index contributed by atoms with van der Waals surface area (Å²) in [5, 5.41) is 4.24. The van der Waals surface area contributed by atoms with Crippen molar-refractivity contribution in [3.63, 3.8) is 0 Å². The Balaban J connectivity index is 2.23. The van der Waals surface area contributed by atoms with E-state index in [1.165, 1.54) is 0 Å². The molecular formula is C15H22N2O3S. The second-order valence-corrected chi connectivity index (χ2v) is 6.58. The molecule has 1 N–H and O–H groups in total. The molecule has 0 amide bonds. The fourth-order valence-electron chi connectivity index (χ4n) is 1.99. The number of nitrogens with zero attached hydrogens (tertiary/aromatic N) is 1. The maximum Gasteiger partial charge on any atom is 0.203 e. The lowest BCUT2D eigenvalue weighted by Gasteiger charge is -2.27. The van der Waals surface area contributed by atoms with Gasteiger partial charge in [0.1, 0.15) is 0 Å². The van der Waals surface area contributed by atoms with Crippen LogP contribution < -0.4 is 19.5 Å². The summed E-state index contributed by atoms with van der Waals surface area (Å²) in [5.74, 6) is 2.88. The number of amidine groups is 1. The predicted octanol–water partition coefficient (Wildman–Crippen LogP) is 3.25. The monoisotopic (exact) mass is 310 g/mol. The summed E-state index contributed by atoms with van der Waals surface area (Å²) in [7, 11) is 4.81. The lowest BCUT2D eigenvalue weighted by molar-refractivity contribution is 0.324. The summed E-state index contributed by atoms with van der Waals surface area (Å²) in [6.45, 7) is 5.27. The number of anilines is 1. The number of ether oxygens (including phenoxy) is 3. The molecule has 0 radical (unpaired) electrons. The minimum Gasteiger partial charge on any atom is -0.493 e. The van der Waals surface area contributed by atoms with E-state index >= 15 is 0 Å². The average Bonchev–Trinajstić information content (AvgIpc) is 2.48. The fraction of sp³-hybridized carbons (Fsp3) is 0.533. The lowest BCUT2D eigenvalue weighted by atomic mass is 9.97. The molecule has 1 aromatic rings. The normalized spacial score (nSPS) is 16.9. The molecule has 1 heterocycles. The van der Waals surface area contributed by atoms with Crippen molar-refractivity contribution in [2.75, 3.05) is 38.9 Å². The number of methoxy groups -OCH3 is 3. The minimum absolute atomic E-state index is 0.255. The van der Waals surface area contributed by atoms with Gasteiger partial charge >= 0.3 is 0 Å². The maximum absolute atomic E-state index is 5.35. The fourth-order valence-corrected chi connectivity index (χ4v) is 2.96. The molecule has 0 aliphatic carbocycles. The maximum atomic E-state index is 5.35. The third kappa shape index (κ3) is 3.75. The molecule has 2 rings (SSSR count). The molecule has 21 heavy (non-hydrogen) atoms. The number of thioether (sulfide) groups is 1. The van der Waals surface area contributed by atoms with Crippen molar-refractivity contribution in [3.05, 3.63) is 12.1 Å². The molecule has 6 heteroatoms. The molecule has 1 aromatic carbocycles. The van der Waals surface area contributed by atoms with E-state index in [1.54, 1.807) is 33.1 Å². The first-order chi connectivity index (χ1) is 9.99. The van der Waals surface area contributed by atoms with E-state index in [9.17, 15) is 0 Å². The topological polar surface area (TPSA) is 52.1 Å². The van der Waals surface area contributed by atoms with Gasteiger partial charge in [0.25, 0.3) is 0 Å². The number of nitrogens with one attached hydrogen (secondary N) is 1. The van der Waals surface area contributed by atoms with Gasteiger partial charge in [-0.05, 0) is 5.41 Å². The Kier molecular flexibility index (Phi) is 4.88. The Labute approximate surface area is 130 Å². The van der Waals surface area contributed by atoms with Crippen LogP contribution in [0.5, 0.6) is 17.2 Å². The molecule has 5 nitrogen and oxygen atoms in total. The SMILES string of the molecule is COc1cc(NC2=NCC(C)(C)CS2)cc(OC)c1OC. The molecule has 0 bridgehead atoms. The van der Waals surface area contributed by atoms with Crippen molar-refractivity contribution >= 4 is 22.6 Å². The number of hydrogen-bond acceptors (Lipinski definition) is 6. The predicted molar refractivity (Wildman–Crippen MR) is 88.3 cm³/mol. The molecule has 0 spiro atoms. The van der Waals surface area contributed by atoms with E-state index in [-0.39, 0.29) is 5.41 Å². The second kappa shape index (κ2) is 6.47. The lowest BCUT2D eigenvalue weighted by Crippen LogP contribution is -2.27. The first-order valence-corrected chi connectivity index (χ1v) is 7.72. The van der Waals surface area contributed by atoms with E-state index in [4.69, 9.17) is 14.2 Å². The van der Waals surface area contributed by atoms with Crippen molar-refractivity contribution in [2.45, 2.75) is 13.8 Å². The van der Waals surface area contributed by atoms with E-state index in [2.05, 4.69) is 24.2 Å². The van der Waals surface area contributed by atoms with Crippen LogP contribution in [0.15, 0.2) is 17.1 Å². The molecule has 1 aliphatic rings. The molecule has 0 saturated carbocycles. The largest absolute Gasteiger partial charge is 0.493 e. The molecule has 0 atom stereocenters. The van der Waals surface area contributed by atoms with Crippen LogP contribution in [0.3, 0.4) is 0 Å². The number of rotatable bonds is 4. The van der Waals surface area contributed by atoms with Crippen molar-refractivity contribution in [3.8, 4) is 17.2 Å². The van der Waals surface area contributed by atoms with Gasteiger partial charge in [0.2, 0.25) is 5.75 Å². The first-order valence-electron chi connectivity index (χ1n) is 6.73. The number of hydrogen-bond donors (Lipinski definition) is 1. The molecule has 0 saturated heterocycles. The zero-order valence-electron chi connectivity index (χ0n) is 13.1. The summed E-state index contributed by atoms with van der Waals surface area (Å²) in [6, 6.07) is 3.76. The van der Waals surface area contributed by atoms with Crippen LogP contribution in [0.25, 0.3) is 0 Å². The summed E-state index contributed by atoms with van der Waals surface area (Å²) in [4.78, 5) is 4.59. The average molecular weight is 310 g/mol. The van der Waals surface area contributed by atoms with Gasteiger partial charge in [0.05, 0.1) is 21.3 Å². The Hall–Kier alpha value is -1.56. The molecule has 0 aromatic heterocycles. The Bertz CT molecular complexity index is 519. The van der Waals surface area contributed by atoms with Gasteiger partial charge in [0, 0.05) is 30.1 Å². The van der Waals surface area contributed by atoms with Crippen LogP contribution in [0, 0.1) is 5.41 Å². The van der Waals surface area contributed by atoms with Crippen molar-refractivity contribution in [1.82, 2.24) is 0 Å². The highest BCUT2D eigenvalue weighted by molar-refractivity contribution is 8.14. The van der Waals surface area contributed by atoms with Crippen molar-refractivity contribution in [2.24, 2.45) is 10.4 Å². The zero-order chi connectivity index (χ0) is 15.5. The Morgan fingerprint density at radius 2 is 1.71 bits per heavy atom. The van der Waals surface area contributed by atoms with Gasteiger partial charge in [0.15, 0.2) is 16.7 Å². The van der Waals surface area contributed by atoms with E-state index in [1.807, 2.05) is 12.1 Å². The van der Waals surface area contributed by atoms with E-state index < -0.39 is 0 Å². The van der Waals surface area contributed by atoms with Gasteiger partial charge in [-0.3, -0.25) is 4.99 Å². The summed E-state index contributed by atoms with van der Waals surface area (Å²) >= 11 is 1.73. The van der Waals surface area contributed by atoms with E-state index in [0.717, 1.165) is 23.2 Å². The molecule has 0 fully saturated rings. The van der Waals surface area contributed by atoms with Gasteiger partial charge in [-0.25, -0.2) is 0 Å². The highest BCUT2D eigenvalue weighted by atomic mass is 32.2. The quantitative estimate of drug-likeness (QED) is 0.925. The molecular weight excluding hydrogens is 288 g/mol. The highest BCUT2D eigenvalue weighted by Crippen LogP contribution is 2.40. The third-order valence-corrected chi connectivity index (χ3v) is 4.60. The van der Waals surface area contributed by atoms with Crippen molar-refractivity contribution < 1.29 is 14.2 Å². The van der Waals surface area contributed by atoms with E-state index in [0.29, 0.717) is 17.2 Å².